The molecule has 4 aromatic heterocycles. The molecule has 192 valence electrons. The molecule has 4 heterocycles. The number of hydrazine groups is 1. The highest BCUT2D eigenvalue weighted by molar-refractivity contribution is 5.99. The predicted molar refractivity (Wildman–Crippen MR) is 132 cm³/mol. The van der Waals surface area contributed by atoms with Crippen molar-refractivity contribution in [1.29, 1.82) is 0 Å². The molecule has 0 aliphatic heterocycles. The number of rotatable bonds is 3. The Hall–Kier alpha value is -5.30. The summed E-state index contributed by atoms with van der Waals surface area (Å²) in [6, 6.07) is 8.64. The zero-order valence-electron chi connectivity index (χ0n) is 19.8. The minimum atomic E-state index is -0.484. The maximum Gasteiger partial charge on any atom is 0.270 e. The lowest BCUT2D eigenvalue weighted by atomic mass is 10.2. The molecule has 13 heteroatoms. The number of carbonyl (C=O) groups excluding carboxylic acids is 2. The number of carbonyl (C=O) groups is 2. The molecule has 0 bridgehead atoms. The molecule has 0 fully saturated rings. The number of hydrogen-bond donors (Lipinski definition) is 5. The van der Waals surface area contributed by atoms with Crippen molar-refractivity contribution in [2.45, 2.75) is 13.8 Å². The SMILES string of the molecule is Cc1c(O)c(=O)ccn1NC(=O)c1ccncc1.Cc1occc(=O)c1O.NNC(=O)c1ccncc1. The predicted octanol–water partition coefficient (Wildman–Crippen LogP) is 0.980. The molecule has 4 aromatic rings. The number of pyridine rings is 3. The normalized spacial score (nSPS) is 9.59. The third-order valence-electron chi connectivity index (χ3n) is 4.58. The second-order valence-corrected chi connectivity index (χ2v) is 7.06. The molecule has 4 rings (SSSR count). The second kappa shape index (κ2) is 13.6. The van der Waals surface area contributed by atoms with E-state index in [4.69, 9.17) is 10.9 Å². The Morgan fingerprint density at radius 3 is 1.84 bits per heavy atom. The molecule has 0 saturated carbocycles. The standard InChI is InChI=1S/C12H11N3O3.C6H7N3O.C6H6O3/c1-8-11(17)10(16)4-7-15(8)14-12(18)9-2-5-13-6-3-9;7-9-6(10)5-1-3-8-4-2-5;1-4-6(8)5(7)2-3-9-4/h2-7,17H,1H3,(H,14,18);1-4H,7H2,(H,9,10);2-3,8H,1H3. The van der Waals surface area contributed by atoms with Gasteiger partial charge in [0, 0.05) is 54.2 Å². The molecule has 0 radical (unpaired) electrons. The van der Waals surface area contributed by atoms with E-state index in [9.17, 15) is 24.3 Å². The van der Waals surface area contributed by atoms with Crippen LogP contribution in [-0.4, -0.2) is 36.7 Å². The Morgan fingerprint density at radius 1 is 0.838 bits per heavy atom. The van der Waals surface area contributed by atoms with Crippen molar-refractivity contribution in [1.82, 2.24) is 20.1 Å². The van der Waals surface area contributed by atoms with Gasteiger partial charge in [0.2, 0.25) is 16.6 Å². The fraction of sp³-hybridized carbons (Fsp3) is 0.0833. The first-order chi connectivity index (χ1) is 17.6. The topological polar surface area (TPSA) is 203 Å². The van der Waals surface area contributed by atoms with Crippen LogP contribution >= 0.6 is 0 Å². The van der Waals surface area contributed by atoms with Gasteiger partial charge in [0.15, 0.2) is 5.75 Å². The molecule has 0 aliphatic carbocycles. The Bertz CT molecular complexity index is 1450. The second-order valence-electron chi connectivity index (χ2n) is 7.06. The Labute approximate surface area is 209 Å². The van der Waals surface area contributed by atoms with Gasteiger partial charge < -0.3 is 14.6 Å². The first kappa shape index (κ1) is 27.9. The van der Waals surface area contributed by atoms with E-state index < -0.39 is 10.9 Å². The molecular formula is C24H24N6O7. The third-order valence-corrected chi connectivity index (χ3v) is 4.58. The molecule has 0 aliphatic rings. The summed E-state index contributed by atoms with van der Waals surface area (Å²) < 4.78 is 5.98. The van der Waals surface area contributed by atoms with Crippen LogP contribution in [0.25, 0.3) is 0 Å². The molecule has 0 atom stereocenters. The monoisotopic (exact) mass is 508 g/mol. The number of nitrogens with one attached hydrogen (secondary N) is 2. The maximum absolute atomic E-state index is 11.8. The lowest BCUT2D eigenvalue weighted by molar-refractivity contribution is 0.0952. The van der Waals surface area contributed by atoms with Crippen LogP contribution in [0.1, 0.15) is 32.2 Å². The smallest absolute Gasteiger partial charge is 0.270 e. The fourth-order valence-electron chi connectivity index (χ4n) is 2.52. The van der Waals surface area contributed by atoms with E-state index in [2.05, 4.69) is 19.8 Å². The number of hydrogen-bond acceptors (Lipinski definition) is 10. The van der Waals surface area contributed by atoms with Crippen molar-refractivity contribution in [3.63, 3.8) is 0 Å². The van der Waals surface area contributed by atoms with Crippen LogP contribution in [0.4, 0.5) is 0 Å². The Kier molecular flexibility index (Phi) is 10.2. The molecule has 13 nitrogen and oxygen atoms in total. The van der Waals surface area contributed by atoms with Crippen LogP contribution in [0.5, 0.6) is 11.5 Å². The Morgan fingerprint density at radius 2 is 1.35 bits per heavy atom. The van der Waals surface area contributed by atoms with E-state index in [1.807, 2.05) is 5.43 Å². The van der Waals surface area contributed by atoms with Gasteiger partial charge in [-0.05, 0) is 38.1 Å². The lowest BCUT2D eigenvalue weighted by Gasteiger charge is -2.12. The average molecular weight is 508 g/mol. The molecule has 0 saturated heterocycles. The van der Waals surface area contributed by atoms with Gasteiger partial charge in [-0.1, -0.05) is 0 Å². The molecule has 0 unspecified atom stereocenters. The summed E-state index contributed by atoms with van der Waals surface area (Å²) in [5.74, 6) is 3.79. The average Bonchev–Trinajstić information content (AvgIpc) is 2.93. The highest BCUT2D eigenvalue weighted by atomic mass is 16.4. The third kappa shape index (κ3) is 8.15. The molecular weight excluding hydrogens is 484 g/mol. The molecule has 6 N–H and O–H groups in total. The van der Waals surface area contributed by atoms with E-state index in [1.165, 1.54) is 67.9 Å². The quantitative estimate of drug-likeness (QED) is 0.151. The van der Waals surface area contributed by atoms with Gasteiger partial charge in [0.05, 0.1) is 12.0 Å². The van der Waals surface area contributed by atoms with Gasteiger partial charge in [0.25, 0.3) is 11.8 Å². The van der Waals surface area contributed by atoms with Gasteiger partial charge >= 0.3 is 0 Å². The minimum absolute atomic E-state index is 0.252. The summed E-state index contributed by atoms with van der Waals surface area (Å²) in [6.45, 7) is 3.06. The zero-order valence-corrected chi connectivity index (χ0v) is 19.8. The fourth-order valence-corrected chi connectivity index (χ4v) is 2.52. The van der Waals surface area contributed by atoms with Gasteiger partial charge in [-0.25, -0.2) is 5.84 Å². The molecule has 0 aromatic carbocycles. The number of nitrogens with two attached hydrogens (primary N) is 1. The number of aromatic hydroxyl groups is 2. The van der Waals surface area contributed by atoms with Crippen molar-refractivity contribution in [3.05, 3.63) is 117 Å². The van der Waals surface area contributed by atoms with Crippen molar-refractivity contribution in [2.24, 2.45) is 5.84 Å². The Balaban J connectivity index is 0.000000214. The zero-order chi connectivity index (χ0) is 27.4. The van der Waals surface area contributed by atoms with E-state index >= 15 is 0 Å². The van der Waals surface area contributed by atoms with Crippen molar-refractivity contribution in [3.8, 4) is 11.5 Å². The number of amides is 2. The lowest BCUT2D eigenvalue weighted by Crippen LogP contribution is -2.29. The van der Waals surface area contributed by atoms with E-state index in [0.717, 1.165) is 0 Å². The first-order valence-electron chi connectivity index (χ1n) is 10.5. The van der Waals surface area contributed by atoms with Crippen LogP contribution in [0.2, 0.25) is 0 Å². The number of nitrogen functional groups attached to an aromatic ring is 1. The number of aromatic nitrogens is 3. The maximum atomic E-state index is 11.8. The van der Waals surface area contributed by atoms with Crippen LogP contribution in [0, 0.1) is 13.8 Å². The summed E-state index contributed by atoms with van der Waals surface area (Å²) in [7, 11) is 0. The van der Waals surface area contributed by atoms with E-state index in [1.54, 1.807) is 24.3 Å². The van der Waals surface area contributed by atoms with E-state index in [0.29, 0.717) is 11.1 Å². The summed E-state index contributed by atoms with van der Waals surface area (Å²) >= 11 is 0. The number of nitrogens with zero attached hydrogens (tertiary/aromatic N) is 3. The van der Waals surface area contributed by atoms with Crippen molar-refractivity contribution in [2.75, 3.05) is 5.43 Å². The molecule has 37 heavy (non-hydrogen) atoms. The summed E-state index contributed by atoms with van der Waals surface area (Å²) in [5, 5.41) is 18.3. The van der Waals surface area contributed by atoms with E-state index in [-0.39, 0.29) is 34.8 Å². The van der Waals surface area contributed by atoms with Crippen molar-refractivity contribution < 1.29 is 24.2 Å². The van der Waals surface area contributed by atoms with Crippen LogP contribution < -0.4 is 27.6 Å². The first-order valence-corrected chi connectivity index (χ1v) is 10.5. The highest BCUT2D eigenvalue weighted by Gasteiger charge is 2.09. The largest absolute Gasteiger partial charge is 0.503 e. The van der Waals surface area contributed by atoms with Gasteiger partial charge in [-0.15, -0.1) is 0 Å². The van der Waals surface area contributed by atoms with Crippen LogP contribution in [-0.2, 0) is 0 Å². The van der Waals surface area contributed by atoms with Crippen LogP contribution in [0.15, 0.2) is 87.7 Å². The summed E-state index contributed by atoms with van der Waals surface area (Å²) in [4.78, 5) is 51.8. The van der Waals surface area contributed by atoms with Gasteiger partial charge in [-0.2, -0.15) is 0 Å². The van der Waals surface area contributed by atoms with Crippen molar-refractivity contribution >= 4 is 11.8 Å². The summed E-state index contributed by atoms with van der Waals surface area (Å²) in [5.41, 5.74) is 4.88. The van der Waals surface area contributed by atoms with Crippen LogP contribution in [0.3, 0.4) is 0 Å². The van der Waals surface area contributed by atoms with Gasteiger partial charge in [-0.3, -0.25) is 44.7 Å². The minimum Gasteiger partial charge on any atom is -0.503 e. The molecule has 0 spiro atoms. The number of aryl methyl sites for hydroxylation is 1. The highest BCUT2D eigenvalue weighted by Crippen LogP contribution is 2.08. The molecule has 2 amide bonds. The summed E-state index contributed by atoms with van der Waals surface area (Å²) in [6.07, 6.45) is 8.71. The van der Waals surface area contributed by atoms with Gasteiger partial charge in [0.1, 0.15) is 5.76 Å².